The Kier molecular flexibility index (Phi) is 3.56. The van der Waals surface area contributed by atoms with E-state index in [0.717, 1.165) is 16.0 Å². The molecule has 0 saturated carbocycles. The zero-order valence-corrected chi connectivity index (χ0v) is 10.1. The standard InChI is InChI=1S/C12H19NO2/c1-8(2)10-6-7-13(14)11(9(3)4)12(10)15-5/h6-9H,1-5H3. The van der Waals surface area contributed by atoms with Gasteiger partial charge in [-0.15, -0.1) is 0 Å². The largest absolute Gasteiger partial charge is 0.618 e. The van der Waals surface area contributed by atoms with Crippen LogP contribution in [0.25, 0.3) is 0 Å². The van der Waals surface area contributed by atoms with Gasteiger partial charge in [0.05, 0.1) is 7.11 Å². The first-order valence-corrected chi connectivity index (χ1v) is 5.29. The van der Waals surface area contributed by atoms with Crippen LogP contribution in [0.15, 0.2) is 12.3 Å². The van der Waals surface area contributed by atoms with Gasteiger partial charge in [-0.3, -0.25) is 0 Å². The summed E-state index contributed by atoms with van der Waals surface area (Å²) in [7, 11) is 1.62. The molecule has 1 aromatic rings. The number of nitrogens with zero attached hydrogens (tertiary/aromatic N) is 1. The van der Waals surface area contributed by atoms with Crippen LogP contribution in [-0.4, -0.2) is 7.11 Å². The van der Waals surface area contributed by atoms with Gasteiger partial charge in [-0.2, -0.15) is 4.73 Å². The smallest absolute Gasteiger partial charge is 0.237 e. The van der Waals surface area contributed by atoms with Crippen molar-refractivity contribution in [1.29, 1.82) is 0 Å². The topological polar surface area (TPSA) is 36.2 Å². The highest BCUT2D eigenvalue weighted by atomic mass is 16.5. The van der Waals surface area contributed by atoms with E-state index in [2.05, 4.69) is 13.8 Å². The highest BCUT2D eigenvalue weighted by Gasteiger charge is 2.22. The molecule has 0 saturated heterocycles. The maximum absolute atomic E-state index is 11.7. The van der Waals surface area contributed by atoms with E-state index in [-0.39, 0.29) is 5.92 Å². The van der Waals surface area contributed by atoms with Crippen LogP contribution in [-0.2, 0) is 0 Å². The lowest BCUT2D eigenvalue weighted by Gasteiger charge is -2.16. The summed E-state index contributed by atoms with van der Waals surface area (Å²) in [5.41, 5.74) is 1.80. The monoisotopic (exact) mass is 209 g/mol. The van der Waals surface area contributed by atoms with Gasteiger partial charge in [0.25, 0.3) is 0 Å². The maximum Gasteiger partial charge on any atom is 0.237 e. The molecule has 0 aliphatic carbocycles. The lowest BCUT2D eigenvalue weighted by molar-refractivity contribution is -0.615. The molecule has 1 heterocycles. The highest BCUT2D eigenvalue weighted by Crippen LogP contribution is 2.31. The molecule has 0 aliphatic heterocycles. The van der Waals surface area contributed by atoms with Gasteiger partial charge in [-0.05, 0) is 5.92 Å². The van der Waals surface area contributed by atoms with E-state index in [1.54, 1.807) is 13.3 Å². The second kappa shape index (κ2) is 4.51. The van der Waals surface area contributed by atoms with Crippen molar-refractivity contribution in [3.8, 4) is 5.75 Å². The highest BCUT2D eigenvalue weighted by molar-refractivity contribution is 5.37. The van der Waals surface area contributed by atoms with Gasteiger partial charge in [-0.1, -0.05) is 27.7 Å². The molecular formula is C12H19NO2. The molecule has 0 N–H and O–H groups in total. The molecule has 0 atom stereocenters. The van der Waals surface area contributed by atoms with Gasteiger partial charge < -0.3 is 9.94 Å². The minimum atomic E-state index is 0.163. The number of hydrogen-bond acceptors (Lipinski definition) is 2. The van der Waals surface area contributed by atoms with Gasteiger partial charge in [-0.25, -0.2) is 0 Å². The van der Waals surface area contributed by atoms with Crippen LogP contribution in [0.2, 0.25) is 0 Å². The first kappa shape index (κ1) is 11.8. The lowest BCUT2D eigenvalue weighted by atomic mass is 9.98. The molecule has 0 bridgehead atoms. The van der Waals surface area contributed by atoms with Gasteiger partial charge >= 0.3 is 0 Å². The van der Waals surface area contributed by atoms with Crippen LogP contribution >= 0.6 is 0 Å². The quantitative estimate of drug-likeness (QED) is 0.566. The Balaban J connectivity index is 3.40. The van der Waals surface area contributed by atoms with Crippen molar-refractivity contribution in [2.75, 3.05) is 7.11 Å². The molecule has 0 spiro atoms. The summed E-state index contributed by atoms with van der Waals surface area (Å²) in [5, 5.41) is 11.7. The molecule has 0 aromatic carbocycles. The van der Waals surface area contributed by atoms with Crippen LogP contribution in [0, 0.1) is 5.21 Å². The molecule has 0 unspecified atom stereocenters. The molecule has 1 rings (SSSR count). The third-order valence-electron chi connectivity index (χ3n) is 2.49. The summed E-state index contributed by atoms with van der Waals surface area (Å²) >= 11 is 0. The third kappa shape index (κ3) is 2.22. The summed E-state index contributed by atoms with van der Waals surface area (Å²) in [4.78, 5) is 0. The predicted octanol–water partition coefficient (Wildman–Crippen LogP) is 2.58. The number of methoxy groups -OCH3 is 1. The Bertz CT molecular complexity index is 346. The third-order valence-corrected chi connectivity index (χ3v) is 2.49. The molecule has 0 radical (unpaired) electrons. The number of ether oxygens (including phenoxy) is 1. The fraction of sp³-hybridized carbons (Fsp3) is 0.583. The SMILES string of the molecule is COc1c(C(C)C)cc[n+]([O-])c1C(C)C. The average molecular weight is 209 g/mol. The molecule has 3 nitrogen and oxygen atoms in total. The van der Waals surface area contributed by atoms with Crippen molar-refractivity contribution in [2.45, 2.75) is 39.5 Å². The Labute approximate surface area is 91.3 Å². The molecule has 84 valence electrons. The lowest BCUT2D eigenvalue weighted by Crippen LogP contribution is -2.33. The molecule has 0 amide bonds. The number of hydrogen-bond donors (Lipinski definition) is 0. The first-order valence-electron chi connectivity index (χ1n) is 5.29. The van der Waals surface area contributed by atoms with E-state index in [0.29, 0.717) is 11.6 Å². The van der Waals surface area contributed by atoms with E-state index in [9.17, 15) is 5.21 Å². The zero-order chi connectivity index (χ0) is 11.6. The van der Waals surface area contributed by atoms with E-state index in [1.165, 1.54) is 0 Å². The van der Waals surface area contributed by atoms with Crippen LogP contribution in [0.3, 0.4) is 0 Å². The maximum atomic E-state index is 11.7. The summed E-state index contributed by atoms with van der Waals surface area (Å²) in [6.45, 7) is 8.18. The minimum Gasteiger partial charge on any atom is -0.618 e. The summed E-state index contributed by atoms with van der Waals surface area (Å²) in [6.07, 6.45) is 1.56. The number of pyridine rings is 1. The average Bonchev–Trinajstić information content (AvgIpc) is 2.15. The van der Waals surface area contributed by atoms with Crippen LogP contribution in [0.1, 0.15) is 50.8 Å². The van der Waals surface area contributed by atoms with Crippen LogP contribution in [0.5, 0.6) is 5.75 Å². The second-order valence-corrected chi connectivity index (χ2v) is 4.32. The second-order valence-electron chi connectivity index (χ2n) is 4.32. The van der Waals surface area contributed by atoms with Crippen molar-refractivity contribution in [2.24, 2.45) is 0 Å². The van der Waals surface area contributed by atoms with Crippen molar-refractivity contribution >= 4 is 0 Å². The molecule has 0 aliphatic rings. The number of rotatable bonds is 3. The van der Waals surface area contributed by atoms with Crippen LogP contribution < -0.4 is 9.47 Å². The molecular weight excluding hydrogens is 190 g/mol. The van der Waals surface area contributed by atoms with Gasteiger partial charge in [0, 0.05) is 17.5 Å². The van der Waals surface area contributed by atoms with Gasteiger partial charge in [0.1, 0.15) is 0 Å². The first-order chi connectivity index (χ1) is 6.99. The Hall–Kier alpha value is -1.25. The summed E-state index contributed by atoms with van der Waals surface area (Å²) < 4.78 is 6.26. The predicted molar refractivity (Wildman–Crippen MR) is 60.1 cm³/mol. The van der Waals surface area contributed by atoms with Gasteiger partial charge in [0.2, 0.25) is 5.69 Å². The normalized spacial score (nSPS) is 11.1. The Morgan fingerprint density at radius 3 is 2.20 bits per heavy atom. The van der Waals surface area contributed by atoms with E-state index < -0.39 is 0 Å². The minimum absolute atomic E-state index is 0.163. The van der Waals surface area contributed by atoms with Gasteiger partial charge in [0.15, 0.2) is 11.9 Å². The fourth-order valence-corrected chi connectivity index (χ4v) is 1.75. The van der Waals surface area contributed by atoms with Crippen molar-refractivity contribution in [1.82, 2.24) is 0 Å². The fourth-order valence-electron chi connectivity index (χ4n) is 1.75. The molecule has 1 aromatic heterocycles. The summed E-state index contributed by atoms with van der Waals surface area (Å²) in [5.74, 6) is 1.26. The summed E-state index contributed by atoms with van der Waals surface area (Å²) in [6, 6.07) is 1.84. The Morgan fingerprint density at radius 2 is 1.80 bits per heavy atom. The van der Waals surface area contributed by atoms with Crippen molar-refractivity contribution in [3.63, 3.8) is 0 Å². The Morgan fingerprint density at radius 1 is 1.20 bits per heavy atom. The van der Waals surface area contributed by atoms with E-state index in [4.69, 9.17) is 4.74 Å². The van der Waals surface area contributed by atoms with Crippen LogP contribution in [0.4, 0.5) is 0 Å². The molecule has 3 heteroatoms. The zero-order valence-electron chi connectivity index (χ0n) is 10.1. The van der Waals surface area contributed by atoms with Crippen molar-refractivity contribution in [3.05, 3.63) is 28.7 Å². The van der Waals surface area contributed by atoms with E-state index in [1.807, 2.05) is 19.9 Å². The van der Waals surface area contributed by atoms with E-state index >= 15 is 0 Å². The molecule has 0 fully saturated rings. The molecule has 15 heavy (non-hydrogen) atoms. The number of aromatic nitrogens is 1. The van der Waals surface area contributed by atoms with Crippen molar-refractivity contribution < 1.29 is 9.47 Å².